The van der Waals surface area contributed by atoms with Crippen LogP contribution in [0.2, 0.25) is 0 Å². The van der Waals surface area contributed by atoms with Gasteiger partial charge in [0, 0.05) is 4.88 Å². The number of aryl methyl sites for hydroxylation is 1. The zero-order valence-electron chi connectivity index (χ0n) is 11.3. The lowest BCUT2D eigenvalue weighted by molar-refractivity contribution is 0.242. The van der Waals surface area contributed by atoms with Crippen LogP contribution in [0, 0.1) is 6.92 Å². The number of benzene rings is 1. The molecule has 1 aromatic heterocycles. The van der Waals surface area contributed by atoms with Crippen molar-refractivity contribution < 1.29 is 4.74 Å². The zero-order chi connectivity index (χ0) is 14.0. The Balaban J connectivity index is 2.17. The van der Waals surface area contributed by atoms with Crippen molar-refractivity contribution in [2.45, 2.75) is 32.9 Å². The second-order valence-electron chi connectivity index (χ2n) is 4.82. The molecule has 2 nitrogen and oxygen atoms in total. The van der Waals surface area contributed by atoms with Gasteiger partial charge in [0.15, 0.2) is 0 Å². The first-order chi connectivity index (χ1) is 8.97. The smallest absolute Gasteiger partial charge is 0.119 e. The number of halogens is 1. The first kappa shape index (κ1) is 14.6. The fourth-order valence-electron chi connectivity index (χ4n) is 1.83. The lowest BCUT2D eigenvalue weighted by atomic mass is 10.1. The highest BCUT2D eigenvalue weighted by atomic mass is 79.9. The standard InChI is InChI=1S/C15H18BrNOS/c1-9(2)18-12-6-4-11(5-7-12)14(17)13-8-10(3)15(16)19-13/h4-9,14H,17H2,1-3H3. The second kappa shape index (κ2) is 6.07. The molecule has 19 heavy (non-hydrogen) atoms. The van der Waals surface area contributed by atoms with E-state index >= 15 is 0 Å². The van der Waals surface area contributed by atoms with Gasteiger partial charge >= 0.3 is 0 Å². The summed E-state index contributed by atoms with van der Waals surface area (Å²) in [6.45, 7) is 6.12. The van der Waals surface area contributed by atoms with Crippen molar-refractivity contribution in [3.05, 3.63) is 50.1 Å². The maximum absolute atomic E-state index is 6.30. The first-order valence-corrected chi connectivity index (χ1v) is 7.86. The number of nitrogens with two attached hydrogens (primary N) is 1. The van der Waals surface area contributed by atoms with Crippen LogP contribution in [0.25, 0.3) is 0 Å². The van der Waals surface area contributed by atoms with Crippen molar-refractivity contribution in [3.63, 3.8) is 0 Å². The molecular weight excluding hydrogens is 322 g/mol. The van der Waals surface area contributed by atoms with Crippen LogP contribution in [0.3, 0.4) is 0 Å². The maximum atomic E-state index is 6.30. The molecule has 0 aliphatic heterocycles. The number of hydrogen-bond acceptors (Lipinski definition) is 3. The van der Waals surface area contributed by atoms with Gasteiger partial charge in [-0.25, -0.2) is 0 Å². The van der Waals surface area contributed by atoms with Gasteiger partial charge in [0.2, 0.25) is 0 Å². The highest BCUT2D eigenvalue weighted by Gasteiger charge is 2.13. The van der Waals surface area contributed by atoms with Gasteiger partial charge in [-0.05, 0) is 66.0 Å². The molecule has 1 unspecified atom stereocenters. The van der Waals surface area contributed by atoms with Crippen LogP contribution in [-0.2, 0) is 0 Å². The summed E-state index contributed by atoms with van der Waals surface area (Å²) in [6, 6.07) is 10.1. The molecule has 0 saturated carbocycles. The van der Waals surface area contributed by atoms with Crippen molar-refractivity contribution >= 4 is 27.3 Å². The Labute approximate surface area is 126 Å². The molecule has 1 heterocycles. The molecule has 0 fully saturated rings. The lowest BCUT2D eigenvalue weighted by Gasteiger charge is -2.13. The number of rotatable bonds is 4. The molecule has 0 bridgehead atoms. The van der Waals surface area contributed by atoms with Gasteiger partial charge in [-0.15, -0.1) is 11.3 Å². The number of ether oxygens (including phenoxy) is 1. The predicted molar refractivity (Wildman–Crippen MR) is 85.0 cm³/mol. The van der Waals surface area contributed by atoms with E-state index in [9.17, 15) is 0 Å². The highest BCUT2D eigenvalue weighted by Crippen LogP contribution is 2.33. The van der Waals surface area contributed by atoms with Crippen molar-refractivity contribution in [1.29, 1.82) is 0 Å². The van der Waals surface area contributed by atoms with E-state index in [2.05, 4.69) is 28.9 Å². The van der Waals surface area contributed by atoms with Gasteiger partial charge in [-0.1, -0.05) is 12.1 Å². The lowest BCUT2D eigenvalue weighted by Crippen LogP contribution is -2.10. The number of thiophene rings is 1. The summed E-state index contributed by atoms with van der Waals surface area (Å²) in [5, 5.41) is 0. The van der Waals surface area contributed by atoms with Crippen LogP contribution in [0.4, 0.5) is 0 Å². The topological polar surface area (TPSA) is 35.2 Å². The summed E-state index contributed by atoms with van der Waals surface area (Å²) in [7, 11) is 0. The number of hydrogen-bond donors (Lipinski definition) is 1. The van der Waals surface area contributed by atoms with Crippen LogP contribution < -0.4 is 10.5 Å². The molecule has 4 heteroatoms. The van der Waals surface area contributed by atoms with Gasteiger partial charge in [0.1, 0.15) is 5.75 Å². The normalized spacial score (nSPS) is 12.7. The fraction of sp³-hybridized carbons (Fsp3) is 0.333. The fourth-order valence-corrected chi connectivity index (χ4v) is 3.43. The summed E-state index contributed by atoms with van der Waals surface area (Å²) in [5.74, 6) is 0.884. The van der Waals surface area contributed by atoms with E-state index in [-0.39, 0.29) is 12.1 Å². The molecule has 0 aliphatic rings. The van der Waals surface area contributed by atoms with Crippen LogP contribution in [-0.4, -0.2) is 6.10 Å². The minimum absolute atomic E-state index is 0.0805. The third kappa shape index (κ3) is 3.59. The third-order valence-electron chi connectivity index (χ3n) is 2.79. The summed E-state index contributed by atoms with van der Waals surface area (Å²) in [6.07, 6.45) is 0.190. The Kier molecular flexibility index (Phi) is 4.66. The molecule has 2 N–H and O–H groups in total. The molecular formula is C15H18BrNOS. The van der Waals surface area contributed by atoms with E-state index < -0.39 is 0 Å². The zero-order valence-corrected chi connectivity index (χ0v) is 13.7. The Hall–Kier alpha value is -0.840. The van der Waals surface area contributed by atoms with E-state index in [4.69, 9.17) is 10.5 Å². The molecule has 102 valence electrons. The van der Waals surface area contributed by atoms with Gasteiger partial charge in [0.05, 0.1) is 15.9 Å². The van der Waals surface area contributed by atoms with Crippen LogP contribution in [0.5, 0.6) is 5.75 Å². The Morgan fingerprint density at radius 3 is 2.32 bits per heavy atom. The molecule has 0 saturated heterocycles. The monoisotopic (exact) mass is 339 g/mol. The Morgan fingerprint density at radius 2 is 1.84 bits per heavy atom. The maximum Gasteiger partial charge on any atom is 0.119 e. The van der Waals surface area contributed by atoms with Gasteiger partial charge in [-0.2, -0.15) is 0 Å². The van der Waals surface area contributed by atoms with E-state index in [1.54, 1.807) is 11.3 Å². The van der Waals surface area contributed by atoms with Gasteiger partial charge in [0.25, 0.3) is 0 Å². The average molecular weight is 340 g/mol. The average Bonchev–Trinajstić information content (AvgIpc) is 2.69. The molecule has 1 atom stereocenters. The van der Waals surface area contributed by atoms with E-state index in [1.807, 2.05) is 38.1 Å². The molecule has 0 amide bonds. The Morgan fingerprint density at radius 1 is 1.21 bits per heavy atom. The van der Waals surface area contributed by atoms with Crippen molar-refractivity contribution in [2.24, 2.45) is 5.73 Å². The molecule has 0 aliphatic carbocycles. The van der Waals surface area contributed by atoms with E-state index in [1.165, 1.54) is 10.4 Å². The third-order valence-corrected chi connectivity index (χ3v) is 5.01. The molecule has 1 aromatic carbocycles. The van der Waals surface area contributed by atoms with Gasteiger partial charge in [-0.3, -0.25) is 0 Å². The van der Waals surface area contributed by atoms with E-state index in [0.717, 1.165) is 15.1 Å². The minimum Gasteiger partial charge on any atom is -0.491 e. The molecule has 2 aromatic rings. The highest BCUT2D eigenvalue weighted by molar-refractivity contribution is 9.11. The van der Waals surface area contributed by atoms with Gasteiger partial charge < -0.3 is 10.5 Å². The summed E-state index contributed by atoms with van der Waals surface area (Å²) in [4.78, 5) is 1.17. The molecule has 0 spiro atoms. The van der Waals surface area contributed by atoms with Crippen molar-refractivity contribution in [3.8, 4) is 5.75 Å². The molecule has 2 rings (SSSR count). The Bertz CT molecular complexity index is 528. The van der Waals surface area contributed by atoms with Crippen molar-refractivity contribution in [1.82, 2.24) is 0 Å². The first-order valence-electron chi connectivity index (χ1n) is 6.25. The minimum atomic E-state index is -0.0805. The summed E-state index contributed by atoms with van der Waals surface area (Å²) < 4.78 is 6.78. The SMILES string of the molecule is Cc1cc(C(N)c2ccc(OC(C)C)cc2)sc1Br. The molecule has 0 radical (unpaired) electrons. The van der Waals surface area contributed by atoms with Crippen LogP contribution in [0.1, 0.15) is 35.9 Å². The van der Waals surface area contributed by atoms with E-state index in [0.29, 0.717) is 0 Å². The summed E-state index contributed by atoms with van der Waals surface area (Å²) >= 11 is 5.23. The van der Waals surface area contributed by atoms with Crippen LogP contribution >= 0.6 is 27.3 Å². The van der Waals surface area contributed by atoms with Crippen molar-refractivity contribution in [2.75, 3.05) is 0 Å². The summed E-state index contributed by atoms with van der Waals surface area (Å²) in [5.41, 5.74) is 8.63. The predicted octanol–water partition coefficient (Wildman–Crippen LogP) is 4.65. The van der Waals surface area contributed by atoms with Crippen LogP contribution in [0.15, 0.2) is 34.1 Å². The largest absolute Gasteiger partial charge is 0.491 e. The second-order valence-corrected chi connectivity index (χ2v) is 7.22. The quantitative estimate of drug-likeness (QED) is 0.879.